The second-order valence-corrected chi connectivity index (χ2v) is 10.5. The molecule has 0 fully saturated rings. The molecule has 0 aromatic rings. The molecule has 0 aromatic carbocycles. The van der Waals surface area contributed by atoms with Crippen LogP contribution in [-0.4, -0.2) is 0 Å². The van der Waals surface area contributed by atoms with Crippen molar-refractivity contribution >= 4 is 0 Å². The van der Waals surface area contributed by atoms with Crippen molar-refractivity contribution in [2.24, 2.45) is 47.3 Å². The topological polar surface area (TPSA) is 0 Å². The van der Waals surface area contributed by atoms with E-state index in [0.29, 0.717) is 0 Å². The van der Waals surface area contributed by atoms with Crippen molar-refractivity contribution in [1.82, 2.24) is 0 Å². The third-order valence-electron chi connectivity index (χ3n) is 8.91. The van der Waals surface area contributed by atoms with Crippen LogP contribution in [0.4, 0.5) is 0 Å². The maximum absolute atomic E-state index is 2.55. The van der Waals surface area contributed by atoms with Crippen molar-refractivity contribution in [1.29, 1.82) is 0 Å². The summed E-state index contributed by atoms with van der Waals surface area (Å²) in [6, 6.07) is 0. The van der Waals surface area contributed by atoms with E-state index in [2.05, 4.69) is 69.2 Å². The summed E-state index contributed by atoms with van der Waals surface area (Å²) in [7, 11) is 0. The SMILES string of the molecule is CCCC(C)C(CC)CCC(C)C(CC)CCC(C)C(C)C(C)C(CC)CC. The normalized spacial score (nSPS) is 19.8. The summed E-state index contributed by atoms with van der Waals surface area (Å²) in [5, 5.41) is 0. The Balaban J connectivity index is 4.54. The van der Waals surface area contributed by atoms with Gasteiger partial charge in [0.1, 0.15) is 0 Å². The molecule has 7 unspecified atom stereocenters. The maximum atomic E-state index is 2.55. The van der Waals surface area contributed by atoms with Crippen molar-refractivity contribution in [3.8, 4) is 0 Å². The highest BCUT2D eigenvalue weighted by Gasteiger charge is 2.26. The molecule has 0 aromatic heterocycles. The van der Waals surface area contributed by atoms with E-state index in [9.17, 15) is 0 Å². The Bertz CT molecular complexity index is 342. The van der Waals surface area contributed by atoms with Crippen LogP contribution in [-0.2, 0) is 0 Å². The fourth-order valence-corrected chi connectivity index (χ4v) is 5.91. The molecule has 0 aliphatic heterocycles. The van der Waals surface area contributed by atoms with Gasteiger partial charge in [-0.15, -0.1) is 0 Å². The predicted molar refractivity (Wildman–Crippen MR) is 131 cm³/mol. The third-order valence-corrected chi connectivity index (χ3v) is 8.91. The zero-order valence-corrected chi connectivity index (χ0v) is 21.7. The first-order valence-electron chi connectivity index (χ1n) is 13.3. The lowest BCUT2D eigenvalue weighted by atomic mass is 9.73. The van der Waals surface area contributed by atoms with E-state index < -0.39 is 0 Å². The molecule has 170 valence electrons. The Labute approximate surface area is 181 Å². The monoisotopic (exact) mass is 394 g/mol. The second kappa shape index (κ2) is 15.8. The quantitative estimate of drug-likeness (QED) is 0.230. The standard InChI is InChI=1S/C28H58/c1-11-16-22(7)27(14-4)20-18-23(8)28(15-5)19-17-21(6)24(9)25(10)26(12-2)13-3/h21-28H,11-20H2,1-10H3. The van der Waals surface area contributed by atoms with Crippen LogP contribution in [0.1, 0.15) is 133 Å². The third kappa shape index (κ3) is 9.67. The van der Waals surface area contributed by atoms with Gasteiger partial charge in [-0.25, -0.2) is 0 Å². The van der Waals surface area contributed by atoms with E-state index >= 15 is 0 Å². The van der Waals surface area contributed by atoms with E-state index in [1.54, 1.807) is 0 Å². The van der Waals surface area contributed by atoms with Gasteiger partial charge in [0.05, 0.1) is 0 Å². The first-order chi connectivity index (χ1) is 13.3. The molecule has 0 heterocycles. The molecule has 0 aliphatic carbocycles. The molecule has 0 spiro atoms. The van der Waals surface area contributed by atoms with E-state index in [1.165, 1.54) is 64.2 Å². The molecule has 0 aliphatic rings. The molecule has 0 amide bonds. The molecule has 0 nitrogen and oxygen atoms in total. The molecule has 0 heteroatoms. The Morgan fingerprint density at radius 3 is 1.18 bits per heavy atom. The van der Waals surface area contributed by atoms with Crippen molar-refractivity contribution in [3.63, 3.8) is 0 Å². The minimum absolute atomic E-state index is 0.858. The molecule has 7 atom stereocenters. The van der Waals surface area contributed by atoms with Gasteiger partial charge in [0.2, 0.25) is 0 Å². The van der Waals surface area contributed by atoms with Gasteiger partial charge in [-0.3, -0.25) is 0 Å². The Morgan fingerprint density at radius 1 is 0.393 bits per heavy atom. The van der Waals surface area contributed by atoms with Crippen molar-refractivity contribution < 1.29 is 0 Å². The van der Waals surface area contributed by atoms with E-state index in [4.69, 9.17) is 0 Å². The first kappa shape index (κ1) is 28.0. The highest BCUT2D eigenvalue weighted by Crippen LogP contribution is 2.36. The van der Waals surface area contributed by atoms with Crippen molar-refractivity contribution in [2.45, 2.75) is 133 Å². The fourth-order valence-electron chi connectivity index (χ4n) is 5.91. The summed E-state index contributed by atoms with van der Waals surface area (Å²) < 4.78 is 0. The fraction of sp³-hybridized carbons (Fsp3) is 1.00. The van der Waals surface area contributed by atoms with Gasteiger partial charge in [-0.2, -0.15) is 0 Å². The maximum Gasteiger partial charge on any atom is -0.0386 e. The van der Waals surface area contributed by atoms with Gasteiger partial charge < -0.3 is 0 Å². The van der Waals surface area contributed by atoms with Crippen LogP contribution in [0.3, 0.4) is 0 Å². The van der Waals surface area contributed by atoms with E-state index in [1.807, 2.05) is 0 Å². The molecule has 28 heavy (non-hydrogen) atoms. The van der Waals surface area contributed by atoms with Crippen molar-refractivity contribution in [3.05, 3.63) is 0 Å². The summed E-state index contributed by atoms with van der Waals surface area (Å²) >= 11 is 0. The molecular formula is C28H58. The summed E-state index contributed by atoms with van der Waals surface area (Å²) in [5.74, 6) is 7.18. The Hall–Kier alpha value is 0. The second-order valence-electron chi connectivity index (χ2n) is 10.5. The van der Waals surface area contributed by atoms with Gasteiger partial charge in [-0.05, 0) is 60.2 Å². The van der Waals surface area contributed by atoms with Gasteiger partial charge >= 0.3 is 0 Å². The largest absolute Gasteiger partial charge is 0.0654 e. The Morgan fingerprint density at radius 2 is 0.786 bits per heavy atom. The summed E-state index contributed by atoms with van der Waals surface area (Å²) in [6.45, 7) is 24.5. The van der Waals surface area contributed by atoms with Crippen LogP contribution >= 0.6 is 0 Å². The van der Waals surface area contributed by atoms with Gasteiger partial charge in [0.15, 0.2) is 0 Å². The lowest BCUT2D eigenvalue weighted by Crippen LogP contribution is -2.24. The summed E-state index contributed by atoms with van der Waals surface area (Å²) in [4.78, 5) is 0. The highest BCUT2D eigenvalue weighted by molar-refractivity contribution is 4.76. The average Bonchev–Trinajstić information content (AvgIpc) is 2.69. The molecule has 0 saturated heterocycles. The van der Waals surface area contributed by atoms with Gasteiger partial charge in [-0.1, -0.05) is 121 Å². The van der Waals surface area contributed by atoms with Crippen LogP contribution < -0.4 is 0 Å². The lowest BCUT2D eigenvalue weighted by molar-refractivity contribution is 0.170. The van der Waals surface area contributed by atoms with E-state index in [0.717, 1.165) is 47.3 Å². The first-order valence-corrected chi connectivity index (χ1v) is 13.3. The Kier molecular flexibility index (Phi) is 15.8. The number of rotatable bonds is 17. The van der Waals surface area contributed by atoms with Crippen LogP contribution in [0.15, 0.2) is 0 Å². The van der Waals surface area contributed by atoms with Gasteiger partial charge in [0.25, 0.3) is 0 Å². The number of hydrogen-bond donors (Lipinski definition) is 0. The highest BCUT2D eigenvalue weighted by atomic mass is 14.3. The van der Waals surface area contributed by atoms with Crippen LogP contribution in [0, 0.1) is 47.3 Å². The number of hydrogen-bond acceptors (Lipinski definition) is 0. The zero-order valence-electron chi connectivity index (χ0n) is 21.7. The summed E-state index contributed by atoms with van der Waals surface area (Å²) in [5.41, 5.74) is 0. The molecule has 0 bridgehead atoms. The van der Waals surface area contributed by atoms with Crippen LogP contribution in [0.5, 0.6) is 0 Å². The molecule has 0 radical (unpaired) electrons. The molecule has 0 rings (SSSR count). The van der Waals surface area contributed by atoms with Crippen molar-refractivity contribution in [2.75, 3.05) is 0 Å². The van der Waals surface area contributed by atoms with E-state index in [-0.39, 0.29) is 0 Å². The predicted octanol–water partition coefficient (Wildman–Crippen LogP) is 10.0. The molecular weight excluding hydrogens is 336 g/mol. The lowest BCUT2D eigenvalue weighted by Gasteiger charge is -2.33. The smallest absolute Gasteiger partial charge is 0.0386 e. The zero-order chi connectivity index (χ0) is 21.7. The van der Waals surface area contributed by atoms with Crippen LogP contribution in [0.25, 0.3) is 0 Å². The van der Waals surface area contributed by atoms with Crippen LogP contribution in [0.2, 0.25) is 0 Å². The minimum atomic E-state index is 0.858. The summed E-state index contributed by atoms with van der Waals surface area (Å²) in [6.07, 6.45) is 13.9. The van der Waals surface area contributed by atoms with Gasteiger partial charge in [0, 0.05) is 0 Å². The minimum Gasteiger partial charge on any atom is -0.0654 e. The molecule has 0 N–H and O–H groups in total. The molecule has 0 saturated carbocycles. The average molecular weight is 395 g/mol.